The van der Waals surface area contributed by atoms with E-state index < -0.39 is 21.9 Å². The number of nitrogen functional groups attached to an aromatic ring is 1. The minimum absolute atomic E-state index is 0.175. The van der Waals surface area contributed by atoms with Gasteiger partial charge in [-0.2, -0.15) is 26.7 Å². The van der Waals surface area contributed by atoms with Gasteiger partial charge in [-0.25, -0.2) is 0 Å². The highest BCUT2D eigenvalue weighted by Gasteiger charge is 2.31. The molecule has 53 heavy (non-hydrogen) atoms. The van der Waals surface area contributed by atoms with Crippen LogP contribution >= 0.6 is 34.3 Å². The van der Waals surface area contributed by atoms with Gasteiger partial charge in [0.05, 0.1) is 29.0 Å². The molecule has 0 unspecified atom stereocenters. The molecule has 0 spiro atoms. The number of halogens is 4. The number of thiophene rings is 2. The zero-order chi connectivity index (χ0) is 38.2. The van der Waals surface area contributed by atoms with Crippen molar-refractivity contribution >= 4 is 61.1 Å². The summed E-state index contributed by atoms with van der Waals surface area (Å²) in [7, 11) is -4.44. The Hall–Kier alpha value is -4.54. The quantitative estimate of drug-likeness (QED) is 0.145. The molecule has 0 radical (unpaired) electrons. The van der Waals surface area contributed by atoms with Crippen LogP contribution in [0, 0.1) is 20.8 Å². The number of fused-ring (bicyclic) bond motifs is 1. The Bertz CT molecular complexity index is 2520. The van der Waals surface area contributed by atoms with E-state index in [1.54, 1.807) is 60.2 Å². The zero-order valence-corrected chi connectivity index (χ0v) is 32.0. The molecule has 0 aliphatic heterocycles. The molecule has 9 nitrogen and oxygen atoms in total. The number of aromatic nitrogens is 4. The van der Waals surface area contributed by atoms with E-state index in [9.17, 15) is 26.1 Å². The Morgan fingerprint density at radius 3 is 2.40 bits per heavy atom. The molecule has 7 rings (SSSR count). The number of aryl methyl sites for hydroxylation is 3. The molecule has 0 atom stereocenters. The highest BCUT2D eigenvalue weighted by atomic mass is 35.5. The Balaban J connectivity index is 0.000000468. The fraction of sp³-hybridized carbons (Fsp3) is 0.216. The van der Waals surface area contributed by atoms with Crippen LogP contribution in [0.2, 0.25) is 5.02 Å². The first-order chi connectivity index (χ1) is 25.0. The lowest BCUT2D eigenvalue weighted by Crippen LogP contribution is -2.05. The largest absolute Gasteiger partial charge is 0.416 e. The molecule has 5 heterocycles. The number of rotatable bonds is 8. The maximum absolute atomic E-state index is 13.6. The summed E-state index contributed by atoms with van der Waals surface area (Å²) in [5.41, 5.74) is 10.0. The number of benzene rings is 2. The summed E-state index contributed by atoms with van der Waals surface area (Å²) in [5, 5.41) is 11.2. The SMILES string of the molecule is CCc1c(N)noc1C.Cc1cc(-c2ccc(Cn3nc(C)c4c(-c5cccc(C(F)(F)F)c5)nc(Cc5cccs5)cc43)cc2Cl)c(S(=O)(=O)O)s1. The Labute approximate surface area is 316 Å². The van der Waals surface area contributed by atoms with Crippen molar-refractivity contribution in [3.05, 3.63) is 121 Å². The Morgan fingerprint density at radius 1 is 1.02 bits per heavy atom. The van der Waals surface area contributed by atoms with Gasteiger partial charge in [-0.05, 0) is 74.5 Å². The number of pyridine rings is 1. The topological polar surface area (TPSA) is 137 Å². The van der Waals surface area contributed by atoms with E-state index in [0.717, 1.165) is 51.7 Å². The second-order valence-electron chi connectivity index (χ2n) is 12.2. The van der Waals surface area contributed by atoms with Crippen molar-refractivity contribution in [2.45, 2.75) is 57.5 Å². The van der Waals surface area contributed by atoms with Crippen molar-refractivity contribution in [3.8, 4) is 22.4 Å². The van der Waals surface area contributed by atoms with Crippen molar-refractivity contribution in [2.75, 3.05) is 5.73 Å². The first-order valence-corrected chi connectivity index (χ1v) is 19.7. The van der Waals surface area contributed by atoms with Gasteiger partial charge in [-0.3, -0.25) is 14.2 Å². The van der Waals surface area contributed by atoms with Crippen molar-refractivity contribution in [1.29, 1.82) is 0 Å². The summed E-state index contributed by atoms with van der Waals surface area (Å²) in [6.45, 7) is 7.70. The molecule has 7 aromatic rings. The predicted octanol–water partition coefficient (Wildman–Crippen LogP) is 10.2. The van der Waals surface area contributed by atoms with E-state index >= 15 is 0 Å². The highest BCUT2D eigenvalue weighted by Crippen LogP contribution is 2.39. The van der Waals surface area contributed by atoms with Crippen LogP contribution in [0.1, 0.15) is 50.5 Å². The van der Waals surface area contributed by atoms with E-state index in [2.05, 4.69) is 5.16 Å². The van der Waals surface area contributed by atoms with E-state index in [4.69, 9.17) is 31.9 Å². The van der Waals surface area contributed by atoms with Gasteiger partial charge in [-0.1, -0.05) is 54.0 Å². The summed E-state index contributed by atoms with van der Waals surface area (Å²) >= 11 is 9.18. The van der Waals surface area contributed by atoms with Crippen LogP contribution < -0.4 is 5.73 Å². The normalized spacial score (nSPS) is 11.9. The lowest BCUT2D eigenvalue weighted by molar-refractivity contribution is -0.137. The predicted molar refractivity (Wildman–Crippen MR) is 203 cm³/mol. The summed E-state index contributed by atoms with van der Waals surface area (Å²) in [6.07, 6.45) is -3.11. The second-order valence-corrected chi connectivity index (χ2v) is 16.6. The zero-order valence-electron chi connectivity index (χ0n) is 28.8. The first-order valence-electron chi connectivity index (χ1n) is 16.2. The molecule has 16 heteroatoms. The van der Waals surface area contributed by atoms with Gasteiger partial charge >= 0.3 is 16.3 Å². The molecule has 0 saturated heterocycles. The van der Waals surface area contributed by atoms with Crippen LogP contribution in [0.5, 0.6) is 0 Å². The molecular formula is C37H33ClF3N5O4S3. The minimum Gasteiger partial charge on any atom is -0.381 e. The molecular weight excluding hydrogens is 767 g/mol. The van der Waals surface area contributed by atoms with Crippen LogP contribution in [-0.4, -0.2) is 32.9 Å². The van der Waals surface area contributed by atoms with E-state index in [-0.39, 0.29) is 10.8 Å². The van der Waals surface area contributed by atoms with Gasteiger partial charge in [0.25, 0.3) is 0 Å². The summed E-state index contributed by atoms with van der Waals surface area (Å²) < 4.78 is 80.9. The van der Waals surface area contributed by atoms with Gasteiger partial charge in [0, 0.05) is 54.5 Å². The number of alkyl halides is 3. The smallest absolute Gasteiger partial charge is 0.381 e. The van der Waals surface area contributed by atoms with Gasteiger partial charge in [0.1, 0.15) is 5.76 Å². The average molecular weight is 800 g/mol. The standard InChI is InChI=1S/C31H23ClF3N3O3S3.C6H10N2O/c1-17-11-25(30(43-17)44(39,40)41)24-9-8-19(12-26(24)32)16-38-27-15-22(14-23-7-4-10-42-23)36-29(28(27)18(2)37-38)20-5-3-6-21(13-20)31(33,34)35;1-3-5-4(2)9-8-6(5)7/h3-13,15H,14,16H2,1-2H3,(H,39,40,41);3H2,1-2H3,(H2,7,8). The summed E-state index contributed by atoms with van der Waals surface area (Å²) in [4.78, 5) is 6.60. The number of hydrogen-bond donors (Lipinski definition) is 2. The van der Waals surface area contributed by atoms with Crippen molar-refractivity contribution in [3.63, 3.8) is 0 Å². The third kappa shape index (κ3) is 8.34. The maximum atomic E-state index is 13.6. The minimum atomic E-state index is -4.50. The van der Waals surface area contributed by atoms with Gasteiger partial charge in [-0.15, -0.1) is 22.7 Å². The molecule has 3 N–H and O–H groups in total. The molecule has 276 valence electrons. The molecule has 0 fully saturated rings. The summed E-state index contributed by atoms with van der Waals surface area (Å²) in [6, 6.07) is 17.8. The molecule has 5 aromatic heterocycles. The van der Waals surface area contributed by atoms with E-state index in [1.807, 2.05) is 37.4 Å². The molecule has 2 aromatic carbocycles. The highest BCUT2D eigenvalue weighted by molar-refractivity contribution is 7.88. The van der Waals surface area contributed by atoms with E-state index in [1.165, 1.54) is 6.07 Å². The Morgan fingerprint density at radius 2 is 1.79 bits per heavy atom. The third-order valence-corrected chi connectivity index (χ3v) is 12.0. The lowest BCUT2D eigenvalue weighted by atomic mass is 10.0. The number of nitrogens with two attached hydrogens (primary N) is 1. The molecule has 0 bridgehead atoms. The third-order valence-electron chi connectivity index (χ3n) is 8.44. The number of anilines is 1. The fourth-order valence-electron chi connectivity index (χ4n) is 6.04. The van der Waals surface area contributed by atoms with Crippen LogP contribution in [0.15, 0.2) is 80.8 Å². The maximum Gasteiger partial charge on any atom is 0.416 e. The van der Waals surface area contributed by atoms with Crippen molar-refractivity contribution < 1.29 is 30.7 Å². The number of hydrogen-bond acceptors (Lipinski definition) is 9. The van der Waals surface area contributed by atoms with Gasteiger partial charge in [0.15, 0.2) is 10.0 Å². The molecule has 0 aliphatic rings. The fourth-order valence-corrected chi connectivity index (χ4v) is 9.08. The lowest BCUT2D eigenvalue weighted by Gasteiger charge is -2.12. The first kappa shape index (κ1) is 38.2. The molecule has 0 saturated carbocycles. The van der Waals surface area contributed by atoms with Crippen LogP contribution in [0.25, 0.3) is 33.3 Å². The average Bonchev–Trinajstić information content (AvgIpc) is 3.89. The molecule has 0 amide bonds. The second kappa shape index (κ2) is 15.1. The Kier molecular flexibility index (Phi) is 10.9. The summed E-state index contributed by atoms with van der Waals surface area (Å²) in [5.74, 6) is 1.35. The van der Waals surface area contributed by atoms with E-state index in [0.29, 0.717) is 66.8 Å². The van der Waals surface area contributed by atoms with Crippen LogP contribution in [0.3, 0.4) is 0 Å². The van der Waals surface area contributed by atoms with Crippen LogP contribution in [0.4, 0.5) is 19.0 Å². The van der Waals surface area contributed by atoms with Crippen molar-refractivity contribution in [2.24, 2.45) is 0 Å². The van der Waals surface area contributed by atoms with Gasteiger partial charge in [0.2, 0.25) is 0 Å². The van der Waals surface area contributed by atoms with Gasteiger partial charge < -0.3 is 10.3 Å². The molecule has 0 aliphatic carbocycles. The number of nitrogens with zero attached hydrogens (tertiary/aromatic N) is 4. The van der Waals surface area contributed by atoms with Crippen molar-refractivity contribution in [1.82, 2.24) is 19.9 Å². The van der Waals surface area contributed by atoms with Crippen LogP contribution in [-0.2, 0) is 35.7 Å². The monoisotopic (exact) mass is 799 g/mol.